The molecule has 1 amide bonds. The minimum atomic E-state index is -0.0474. The van der Waals surface area contributed by atoms with E-state index in [-0.39, 0.29) is 12.5 Å². The molecule has 1 fully saturated rings. The number of nitrogens with one attached hydrogen (secondary N) is 3. The summed E-state index contributed by atoms with van der Waals surface area (Å²) in [5, 5.41) is 11.7. The molecule has 1 saturated carbocycles. The number of amides is 1. The first-order valence-corrected chi connectivity index (χ1v) is 11.1. The SMILES string of the molecule is CCNC(=NCc1sccc1C)NCCc1ccc(OCC(=O)NC2CC2)cc1. The number of rotatable bonds is 10. The van der Waals surface area contributed by atoms with Crippen molar-refractivity contribution in [1.29, 1.82) is 0 Å². The molecule has 0 bridgehead atoms. The summed E-state index contributed by atoms with van der Waals surface area (Å²) in [4.78, 5) is 17.6. The zero-order valence-corrected chi connectivity index (χ0v) is 18.0. The van der Waals surface area contributed by atoms with Gasteiger partial charge in [-0.05, 0) is 67.8 Å². The molecule has 0 unspecified atom stereocenters. The standard InChI is InChI=1S/C22H30N4O2S/c1-3-23-22(25-14-20-16(2)11-13-29-20)24-12-10-17-4-8-19(9-5-17)28-15-21(27)26-18-6-7-18/h4-5,8-9,11,13,18H,3,6-7,10,12,14-15H2,1-2H3,(H,26,27)(H2,23,24,25). The van der Waals surface area contributed by atoms with Crippen molar-refractivity contribution in [3.05, 3.63) is 51.7 Å². The Balaban J connectivity index is 1.40. The van der Waals surface area contributed by atoms with E-state index in [0.29, 0.717) is 18.3 Å². The Morgan fingerprint density at radius 1 is 1.21 bits per heavy atom. The van der Waals surface area contributed by atoms with Crippen molar-refractivity contribution >= 4 is 23.2 Å². The van der Waals surface area contributed by atoms with Crippen molar-refractivity contribution in [2.24, 2.45) is 4.99 Å². The molecule has 0 atom stereocenters. The van der Waals surface area contributed by atoms with Gasteiger partial charge in [0.15, 0.2) is 12.6 Å². The average Bonchev–Trinajstić information content (AvgIpc) is 3.44. The second kappa shape index (κ2) is 10.9. The highest BCUT2D eigenvalue weighted by molar-refractivity contribution is 7.10. The van der Waals surface area contributed by atoms with Crippen LogP contribution in [-0.4, -0.2) is 37.6 Å². The first kappa shape index (κ1) is 21.2. The van der Waals surface area contributed by atoms with Gasteiger partial charge < -0.3 is 20.7 Å². The van der Waals surface area contributed by atoms with E-state index in [1.807, 2.05) is 24.3 Å². The van der Waals surface area contributed by atoms with E-state index < -0.39 is 0 Å². The van der Waals surface area contributed by atoms with E-state index in [1.54, 1.807) is 11.3 Å². The molecule has 1 aliphatic rings. The smallest absolute Gasteiger partial charge is 0.258 e. The predicted molar refractivity (Wildman–Crippen MR) is 119 cm³/mol. The molecule has 1 aromatic heterocycles. The summed E-state index contributed by atoms with van der Waals surface area (Å²) in [6.45, 7) is 6.57. The average molecular weight is 415 g/mol. The third kappa shape index (κ3) is 7.42. The van der Waals surface area contributed by atoms with Crippen molar-refractivity contribution in [3.63, 3.8) is 0 Å². The minimum absolute atomic E-state index is 0.0474. The molecular weight excluding hydrogens is 384 g/mol. The molecule has 7 heteroatoms. The van der Waals surface area contributed by atoms with Crippen molar-refractivity contribution in [3.8, 4) is 5.75 Å². The Kier molecular flexibility index (Phi) is 7.93. The fraction of sp³-hybridized carbons (Fsp3) is 0.455. The first-order valence-electron chi connectivity index (χ1n) is 10.2. The molecule has 1 heterocycles. The lowest BCUT2D eigenvalue weighted by Gasteiger charge is -2.12. The van der Waals surface area contributed by atoms with E-state index in [0.717, 1.165) is 38.3 Å². The topological polar surface area (TPSA) is 74.8 Å². The highest BCUT2D eigenvalue weighted by Crippen LogP contribution is 2.18. The quantitative estimate of drug-likeness (QED) is 0.413. The molecular formula is C22H30N4O2S. The summed E-state index contributed by atoms with van der Waals surface area (Å²) < 4.78 is 5.55. The lowest BCUT2D eigenvalue weighted by Crippen LogP contribution is -2.38. The maximum atomic E-state index is 11.7. The van der Waals surface area contributed by atoms with Gasteiger partial charge in [-0.1, -0.05) is 12.1 Å². The zero-order chi connectivity index (χ0) is 20.5. The molecule has 6 nitrogen and oxygen atoms in total. The van der Waals surface area contributed by atoms with Gasteiger partial charge in [0.1, 0.15) is 5.75 Å². The number of thiophene rings is 1. The molecule has 0 aliphatic heterocycles. The number of aryl methyl sites for hydroxylation is 1. The fourth-order valence-corrected chi connectivity index (χ4v) is 3.61. The molecule has 156 valence electrons. The summed E-state index contributed by atoms with van der Waals surface area (Å²) in [5.74, 6) is 1.50. The Hall–Kier alpha value is -2.54. The van der Waals surface area contributed by atoms with Gasteiger partial charge in [-0.2, -0.15) is 0 Å². The van der Waals surface area contributed by atoms with Crippen molar-refractivity contribution in [2.45, 2.75) is 45.7 Å². The normalized spacial score (nSPS) is 13.8. The second-order valence-electron chi connectivity index (χ2n) is 7.17. The van der Waals surface area contributed by atoms with Gasteiger partial charge >= 0.3 is 0 Å². The molecule has 0 saturated heterocycles. The lowest BCUT2D eigenvalue weighted by atomic mass is 10.1. The summed E-state index contributed by atoms with van der Waals surface area (Å²) >= 11 is 1.74. The van der Waals surface area contributed by atoms with E-state index in [2.05, 4.69) is 46.2 Å². The highest BCUT2D eigenvalue weighted by atomic mass is 32.1. The van der Waals surface area contributed by atoms with Crippen LogP contribution in [0.5, 0.6) is 5.75 Å². The minimum Gasteiger partial charge on any atom is -0.484 e. The Labute approximate surface area is 176 Å². The number of carbonyl (C=O) groups is 1. The molecule has 0 radical (unpaired) electrons. The number of aliphatic imine (C=N–C) groups is 1. The van der Waals surface area contributed by atoms with Gasteiger partial charge in [-0.15, -0.1) is 11.3 Å². The number of benzene rings is 1. The van der Waals surface area contributed by atoms with Crippen LogP contribution in [0.4, 0.5) is 0 Å². The number of nitrogens with zero attached hydrogens (tertiary/aromatic N) is 1. The number of guanidine groups is 1. The van der Waals surface area contributed by atoms with Gasteiger partial charge in [-0.3, -0.25) is 4.79 Å². The first-order chi connectivity index (χ1) is 14.1. The third-order valence-corrected chi connectivity index (χ3v) is 5.64. The lowest BCUT2D eigenvalue weighted by molar-refractivity contribution is -0.123. The zero-order valence-electron chi connectivity index (χ0n) is 17.2. The largest absolute Gasteiger partial charge is 0.484 e. The van der Waals surface area contributed by atoms with Crippen LogP contribution < -0.4 is 20.7 Å². The van der Waals surface area contributed by atoms with Crippen LogP contribution in [0.3, 0.4) is 0 Å². The highest BCUT2D eigenvalue weighted by Gasteiger charge is 2.23. The molecule has 2 aromatic rings. The molecule has 29 heavy (non-hydrogen) atoms. The maximum Gasteiger partial charge on any atom is 0.258 e. The van der Waals surface area contributed by atoms with Crippen molar-refractivity contribution < 1.29 is 9.53 Å². The molecule has 0 spiro atoms. The molecule has 1 aromatic carbocycles. The monoisotopic (exact) mass is 414 g/mol. The molecule has 3 rings (SSSR count). The summed E-state index contributed by atoms with van der Waals surface area (Å²) in [7, 11) is 0. The van der Waals surface area contributed by atoms with Crippen LogP contribution in [-0.2, 0) is 17.8 Å². The van der Waals surface area contributed by atoms with Gasteiger partial charge in [0.05, 0.1) is 6.54 Å². The van der Waals surface area contributed by atoms with Crippen LogP contribution >= 0.6 is 11.3 Å². The summed E-state index contributed by atoms with van der Waals surface area (Å²) in [6.07, 6.45) is 3.05. The maximum absolute atomic E-state index is 11.7. The molecule has 1 aliphatic carbocycles. The molecule has 3 N–H and O–H groups in total. The Morgan fingerprint density at radius 2 is 2.00 bits per heavy atom. The Morgan fingerprint density at radius 3 is 2.66 bits per heavy atom. The predicted octanol–water partition coefficient (Wildman–Crippen LogP) is 3.01. The van der Waals surface area contributed by atoms with Gasteiger partial charge in [0.25, 0.3) is 5.91 Å². The van der Waals surface area contributed by atoms with E-state index in [4.69, 9.17) is 4.74 Å². The number of hydrogen-bond donors (Lipinski definition) is 3. The third-order valence-electron chi connectivity index (χ3n) is 4.64. The van der Waals surface area contributed by atoms with E-state index in [9.17, 15) is 4.79 Å². The van der Waals surface area contributed by atoms with Crippen LogP contribution in [0.1, 0.15) is 35.8 Å². The van der Waals surface area contributed by atoms with E-state index in [1.165, 1.54) is 16.0 Å². The van der Waals surface area contributed by atoms with E-state index >= 15 is 0 Å². The summed E-state index contributed by atoms with van der Waals surface area (Å²) in [5.41, 5.74) is 2.50. The van der Waals surface area contributed by atoms with Crippen molar-refractivity contribution in [1.82, 2.24) is 16.0 Å². The van der Waals surface area contributed by atoms with Crippen LogP contribution in [0.2, 0.25) is 0 Å². The Bertz CT molecular complexity index is 812. The van der Waals surface area contributed by atoms with Gasteiger partial charge in [-0.25, -0.2) is 4.99 Å². The number of ether oxygens (including phenoxy) is 1. The second-order valence-corrected chi connectivity index (χ2v) is 8.17. The van der Waals surface area contributed by atoms with Crippen LogP contribution in [0.25, 0.3) is 0 Å². The van der Waals surface area contributed by atoms with Gasteiger partial charge in [0.2, 0.25) is 0 Å². The number of hydrogen-bond acceptors (Lipinski definition) is 4. The van der Waals surface area contributed by atoms with Gasteiger partial charge in [0, 0.05) is 24.0 Å². The number of carbonyl (C=O) groups excluding carboxylic acids is 1. The van der Waals surface area contributed by atoms with Crippen LogP contribution in [0.15, 0.2) is 40.7 Å². The van der Waals surface area contributed by atoms with Crippen molar-refractivity contribution in [2.75, 3.05) is 19.7 Å². The summed E-state index contributed by atoms with van der Waals surface area (Å²) in [6, 6.07) is 10.4. The van der Waals surface area contributed by atoms with Crippen LogP contribution in [0, 0.1) is 6.92 Å². The fourth-order valence-electron chi connectivity index (χ4n) is 2.78.